The van der Waals surface area contributed by atoms with Crippen LogP contribution in [0.25, 0.3) is 0 Å². The Morgan fingerprint density at radius 1 is 1.55 bits per heavy atom. The summed E-state index contributed by atoms with van der Waals surface area (Å²) in [5.41, 5.74) is 2.07. The number of hydrazine groups is 1. The Morgan fingerprint density at radius 2 is 2.27 bits per heavy atom. The molecule has 0 aliphatic heterocycles. The molecule has 0 atom stereocenters. The summed E-state index contributed by atoms with van der Waals surface area (Å²) in [4.78, 5) is 10.6. The summed E-state index contributed by atoms with van der Waals surface area (Å²) >= 11 is 0. The molecule has 0 heterocycles. The van der Waals surface area contributed by atoms with E-state index in [2.05, 4.69) is 5.43 Å². The fraction of sp³-hybridized carbons (Fsp3) is 0.375. The van der Waals surface area contributed by atoms with Gasteiger partial charge in [-0.1, -0.05) is 24.3 Å². The molecule has 3 heteroatoms. The third-order valence-corrected chi connectivity index (χ3v) is 1.14. The molecular formula is C8H14N2O. The van der Waals surface area contributed by atoms with Crippen LogP contribution in [0, 0.1) is 0 Å². The average Bonchev–Trinajstić information content (AvgIpc) is 2.04. The summed E-state index contributed by atoms with van der Waals surface area (Å²) in [7, 11) is 0. The number of hydrogen-bond donors (Lipinski definition) is 2. The Kier molecular flexibility index (Phi) is 6.33. The van der Waals surface area contributed by atoms with Gasteiger partial charge < -0.3 is 0 Å². The fourth-order valence-electron chi connectivity index (χ4n) is 0.573. The fourth-order valence-corrected chi connectivity index (χ4v) is 0.573. The van der Waals surface area contributed by atoms with Gasteiger partial charge in [0.1, 0.15) is 0 Å². The Balaban J connectivity index is 3.33. The molecule has 0 aromatic rings. The molecule has 1 amide bonds. The van der Waals surface area contributed by atoms with Crippen molar-refractivity contribution >= 4 is 5.91 Å². The quantitative estimate of drug-likeness (QED) is 0.273. The largest absolute Gasteiger partial charge is 0.294 e. The number of amides is 1. The first-order chi connectivity index (χ1) is 5.31. The first-order valence-corrected chi connectivity index (χ1v) is 3.58. The summed E-state index contributed by atoms with van der Waals surface area (Å²) in [5.74, 6) is 4.75. The normalized spacial score (nSPS) is 11.1. The minimum atomic E-state index is -0.130. The van der Waals surface area contributed by atoms with Crippen LogP contribution in [0.3, 0.4) is 0 Å². The predicted molar refractivity (Wildman–Crippen MR) is 45.5 cm³/mol. The predicted octanol–water partition coefficient (Wildman–Crippen LogP) is 0.889. The number of hydrogen-bond acceptors (Lipinski definition) is 2. The standard InChI is InChI=1S/C8H14N2O/c1-2-3-4-5-6-7-8(11)10-9/h2-5H,6-7,9H2,1H3,(H,10,11)/b3-2+,5-4+. The molecule has 0 saturated carbocycles. The molecular weight excluding hydrogens is 140 g/mol. The van der Waals surface area contributed by atoms with E-state index >= 15 is 0 Å². The molecule has 0 unspecified atom stereocenters. The van der Waals surface area contributed by atoms with E-state index in [0.29, 0.717) is 6.42 Å². The van der Waals surface area contributed by atoms with Crippen molar-refractivity contribution in [2.45, 2.75) is 19.8 Å². The first-order valence-electron chi connectivity index (χ1n) is 3.58. The molecule has 0 aliphatic carbocycles. The SMILES string of the molecule is C/C=C/C=C/CCC(=O)NN. The number of nitrogens with one attached hydrogen (secondary N) is 1. The van der Waals surface area contributed by atoms with Gasteiger partial charge in [-0.3, -0.25) is 10.2 Å². The van der Waals surface area contributed by atoms with Gasteiger partial charge in [-0.2, -0.15) is 0 Å². The third kappa shape index (κ3) is 6.80. The van der Waals surface area contributed by atoms with Crippen molar-refractivity contribution in [1.29, 1.82) is 0 Å². The second-order valence-corrected chi connectivity index (χ2v) is 2.06. The second-order valence-electron chi connectivity index (χ2n) is 2.06. The van der Waals surface area contributed by atoms with Crippen LogP contribution in [0.15, 0.2) is 24.3 Å². The Labute approximate surface area is 66.9 Å². The van der Waals surface area contributed by atoms with Crippen molar-refractivity contribution in [3.8, 4) is 0 Å². The summed E-state index contributed by atoms with van der Waals surface area (Å²) in [6.07, 6.45) is 8.86. The maximum Gasteiger partial charge on any atom is 0.234 e. The van der Waals surface area contributed by atoms with E-state index in [1.54, 1.807) is 0 Å². The third-order valence-electron chi connectivity index (χ3n) is 1.14. The highest BCUT2D eigenvalue weighted by Gasteiger charge is 1.92. The lowest BCUT2D eigenvalue weighted by Gasteiger charge is -1.93. The number of nitrogens with two attached hydrogens (primary N) is 1. The molecule has 0 aromatic heterocycles. The molecule has 11 heavy (non-hydrogen) atoms. The van der Waals surface area contributed by atoms with Gasteiger partial charge in [-0.05, 0) is 13.3 Å². The van der Waals surface area contributed by atoms with Crippen LogP contribution in [-0.2, 0) is 4.79 Å². The van der Waals surface area contributed by atoms with Crippen molar-refractivity contribution in [2.24, 2.45) is 5.84 Å². The van der Waals surface area contributed by atoms with E-state index in [1.165, 1.54) is 0 Å². The van der Waals surface area contributed by atoms with Crippen LogP contribution >= 0.6 is 0 Å². The van der Waals surface area contributed by atoms with Gasteiger partial charge in [0.25, 0.3) is 0 Å². The zero-order chi connectivity index (χ0) is 8.53. The molecule has 0 bridgehead atoms. The zero-order valence-corrected chi connectivity index (χ0v) is 6.71. The van der Waals surface area contributed by atoms with Crippen molar-refractivity contribution in [2.75, 3.05) is 0 Å². The average molecular weight is 154 g/mol. The van der Waals surface area contributed by atoms with Gasteiger partial charge >= 0.3 is 0 Å². The minimum absolute atomic E-state index is 0.130. The van der Waals surface area contributed by atoms with Crippen LogP contribution in [0.4, 0.5) is 0 Å². The summed E-state index contributed by atoms with van der Waals surface area (Å²) in [6.45, 7) is 1.94. The van der Waals surface area contributed by atoms with Gasteiger partial charge in [-0.25, -0.2) is 5.84 Å². The lowest BCUT2D eigenvalue weighted by atomic mass is 10.3. The highest BCUT2D eigenvalue weighted by atomic mass is 16.2. The highest BCUT2D eigenvalue weighted by molar-refractivity contribution is 5.75. The van der Waals surface area contributed by atoms with Gasteiger partial charge in [0.2, 0.25) is 5.91 Å². The molecule has 3 nitrogen and oxygen atoms in total. The van der Waals surface area contributed by atoms with Crippen LogP contribution in [-0.4, -0.2) is 5.91 Å². The topological polar surface area (TPSA) is 55.1 Å². The van der Waals surface area contributed by atoms with Gasteiger partial charge in [0.05, 0.1) is 0 Å². The van der Waals surface area contributed by atoms with Crippen molar-refractivity contribution in [3.05, 3.63) is 24.3 Å². The molecule has 0 aliphatic rings. The summed E-state index contributed by atoms with van der Waals surface area (Å²) in [5, 5.41) is 0. The number of carbonyl (C=O) groups excluding carboxylic acids is 1. The van der Waals surface area contributed by atoms with E-state index in [1.807, 2.05) is 31.2 Å². The summed E-state index contributed by atoms with van der Waals surface area (Å²) < 4.78 is 0. The Bertz CT molecular complexity index is 161. The molecule has 0 aromatic carbocycles. The molecule has 0 rings (SSSR count). The first kappa shape index (κ1) is 9.91. The van der Waals surface area contributed by atoms with Crippen molar-refractivity contribution in [1.82, 2.24) is 5.43 Å². The number of rotatable bonds is 4. The molecule has 3 N–H and O–H groups in total. The van der Waals surface area contributed by atoms with E-state index in [4.69, 9.17) is 5.84 Å². The van der Waals surface area contributed by atoms with Gasteiger partial charge in [0.15, 0.2) is 0 Å². The Hall–Kier alpha value is -1.09. The number of carbonyl (C=O) groups is 1. The minimum Gasteiger partial charge on any atom is -0.294 e. The van der Waals surface area contributed by atoms with E-state index in [-0.39, 0.29) is 5.91 Å². The summed E-state index contributed by atoms with van der Waals surface area (Å²) in [6, 6.07) is 0. The lowest BCUT2D eigenvalue weighted by Crippen LogP contribution is -2.29. The monoisotopic (exact) mass is 154 g/mol. The molecule has 0 saturated heterocycles. The molecule has 62 valence electrons. The molecule has 0 spiro atoms. The Morgan fingerprint density at radius 3 is 2.82 bits per heavy atom. The zero-order valence-electron chi connectivity index (χ0n) is 6.71. The highest BCUT2D eigenvalue weighted by Crippen LogP contribution is 1.90. The van der Waals surface area contributed by atoms with Crippen LogP contribution in [0.1, 0.15) is 19.8 Å². The lowest BCUT2D eigenvalue weighted by molar-refractivity contribution is -0.121. The van der Waals surface area contributed by atoms with Gasteiger partial charge in [0, 0.05) is 6.42 Å². The van der Waals surface area contributed by atoms with Crippen LogP contribution in [0.5, 0.6) is 0 Å². The maximum atomic E-state index is 10.6. The van der Waals surface area contributed by atoms with Gasteiger partial charge in [-0.15, -0.1) is 0 Å². The van der Waals surface area contributed by atoms with Crippen LogP contribution in [0.2, 0.25) is 0 Å². The van der Waals surface area contributed by atoms with E-state index in [9.17, 15) is 4.79 Å². The smallest absolute Gasteiger partial charge is 0.234 e. The second kappa shape index (κ2) is 7.02. The van der Waals surface area contributed by atoms with Crippen molar-refractivity contribution in [3.63, 3.8) is 0 Å². The maximum absolute atomic E-state index is 10.6. The van der Waals surface area contributed by atoms with E-state index in [0.717, 1.165) is 6.42 Å². The van der Waals surface area contributed by atoms with Crippen molar-refractivity contribution < 1.29 is 4.79 Å². The van der Waals surface area contributed by atoms with Crippen LogP contribution < -0.4 is 11.3 Å². The number of allylic oxidation sites excluding steroid dienone is 4. The van der Waals surface area contributed by atoms with E-state index < -0.39 is 0 Å². The molecule has 0 radical (unpaired) electrons. The molecule has 0 fully saturated rings.